The zero-order valence-electron chi connectivity index (χ0n) is 12.3. The lowest BCUT2D eigenvalue weighted by atomic mass is 10.2. The summed E-state index contributed by atoms with van der Waals surface area (Å²) >= 11 is 1.67. The predicted molar refractivity (Wildman–Crippen MR) is 81.6 cm³/mol. The molecular weight excluding hydrogens is 288 g/mol. The van der Waals surface area contributed by atoms with Gasteiger partial charge in [0.1, 0.15) is 6.54 Å². The van der Waals surface area contributed by atoms with Gasteiger partial charge in [-0.2, -0.15) is 0 Å². The van der Waals surface area contributed by atoms with Crippen molar-refractivity contribution in [3.63, 3.8) is 0 Å². The molecule has 2 aromatic heterocycles. The van der Waals surface area contributed by atoms with E-state index in [1.165, 1.54) is 15.1 Å². The molecule has 7 nitrogen and oxygen atoms in total. The van der Waals surface area contributed by atoms with Gasteiger partial charge in [-0.25, -0.2) is 4.68 Å². The number of thiophene rings is 1. The van der Waals surface area contributed by atoms with E-state index in [0.717, 1.165) is 19.4 Å². The molecule has 0 unspecified atom stereocenters. The van der Waals surface area contributed by atoms with Crippen LogP contribution in [0, 0.1) is 6.92 Å². The molecule has 21 heavy (non-hydrogen) atoms. The van der Waals surface area contributed by atoms with Crippen LogP contribution in [-0.4, -0.2) is 37.6 Å². The minimum Gasteiger partial charge on any atom is -0.367 e. The van der Waals surface area contributed by atoms with Gasteiger partial charge in [0.15, 0.2) is 0 Å². The number of carbonyl (C=O) groups excluding carboxylic acids is 1. The smallest absolute Gasteiger partial charge is 0.244 e. The summed E-state index contributed by atoms with van der Waals surface area (Å²) in [7, 11) is 0. The normalized spacial score (nSPS) is 10.8. The molecular formula is C13H20N6OS. The zero-order chi connectivity index (χ0) is 15.2. The third-order valence-electron chi connectivity index (χ3n) is 3.28. The van der Waals surface area contributed by atoms with Crippen molar-refractivity contribution in [3.8, 4) is 0 Å². The van der Waals surface area contributed by atoms with E-state index in [0.29, 0.717) is 6.54 Å². The van der Waals surface area contributed by atoms with E-state index in [9.17, 15) is 4.79 Å². The highest BCUT2D eigenvalue weighted by molar-refractivity contribution is 7.10. The number of aryl methyl sites for hydroxylation is 1. The lowest BCUT2D eigenvalue weighted by Crippen LogP contribution is -2.34. The number of nitrogens with zero attached hydrogens (tertiary/aromatic N) is 5. The number of amides is 1. The fourth-order valence-electron chi connectivity index (χ4n) is 1.93. The highest BCUT2D eigenvalue weighted by Crippen LogP contribution is 2.18. The van der Waals surface area contributed by atoms with Crippen LogP contribution in [0.3, 0.4) is 0 Å². The standard InChI is InChI=1S/C13H20N6OS/c1-3-4-6-18(8-11-10(2)5-7-21-11)12(20)9-19-13(14)15-16-17-19/h5,7H,3-4,6,8-9H2,1-2H3,(H2,14,15,17). The number of hydrogen-bond donors (Lipinski definition) is 1. The number of nitrogens with two attached hydrogens (primary N) is 1. The van der Waals surface area contributed by atoms with Crippen molar-refractivity contribution in [2.24, 2.45) is 0 Å². The van der Waals surface area contributed by atoms with Gasteiger partial charge in [-0.1, -0.05) is 18.4 Å². The van der Waals surface area contributed by atoms with Crippen LogP contribution >= 0.6 is 11.3 Å². The van der Waals surface area contributed by atoms with E-state index in [-0.39, 0.29) is 18.4 Å². The Balaban J connectivity index is 2.06. The van der Waals surface area contributed by atoms with E-state index in [1.807, 2.05) is 10.3 Å². The van der Waals surface area contributed by atoms with Gasteiger partial charge in [-0.3, -0.25) is 4.79 Å². The van der Waals surface area contributed by atoms with Crippen LogP contribution in [0.15, 0.2) is 11.4 Å². The first-order chi connectivity index (χ1) is 10.1. The van der Waals surface area contributed by atoms with Crippen molar-refractivity contribution < 1.29 is 4.79 Å². The molecule has 0 spiro atoms. The molecule has 0 aromatic carbocycles. The van der Waals surface area contributed by atoms with E-state index < -0.39 is 0 Å². The van der Waals surface area contributed by atoms with Gasteiger partial charge in [-0.15, -0.1) is 11.3 Å². The molecule has 0 aliphatic heterocycles. The number of anilines is 1. The molecule has 2 N–H and O–H groups in total. The Morgan fingerprint density at radius 3 is 2.90 bits per heavy atom. The SMILES string of the molecule is CCCCN(Cc1sccc1C)C(=O)Cn1nnnc1N. The second-order valence-electron chi connectivity index (χ2n) is 4.89. The van der Waals surface area contributed by atoms with Crippen molar-refractivity contribution in [2.45, 2.75) is 39.8 Å². The minimum absolute atomic E-state index is 0.0183. The molecule has 0 aliphatic rings. The largest absolute Gasteiger partial charge is 0.367 e. The number of hydrogen-bond acceptors (Lipinski definition) is 6. The van der Waals surface area contributed by atoms with Gasteiger partial charge in [0.25, 0.3) is 0 Å². The van der Waals surface area contributed by atoms with Crippen molar-refractivity contribution in [2.75, 3.05) is 12.3 Å². The van der Waals surface area contributed by atoms with Crippen molar-refractivity contribution in [1.29, 1.82) is 0 Å². The van der Waals surface area contributed by atoms with Gasteiger partial charge in [-0.05, 0) is 40.8 Å². The highest BCUT2D eigenvalue weighted by atomic mass is 32.1. The summed E-state index contributed by atoms with van der Waals surface area (Å²) in [5, 5.41) is 12.8. The minimum atomic E-state index is -0.0183. The van der Waals surface area contributed by atoms with Gasteiger partial charge < -0.3 is 10.6 Å². The molecule has 2 heterocycles. The Morgan fingerprint density at radius 2 is 2.33 bits per heavy atom. The summed E-state index contributed by atoms with van der Waals surface area (Å²) in [6, 6.07) is 2.07. The summed E-state index contributed by atoms with van der Waals surface area (Å²) in [6.07, 6.45) is 2.02. The van der Waals surface area contributed by atoms with Crippen molar-refractivity contribution in [3.05, 3.63) is 21.9 Å². The quantitative estimate of drug-likeness (QED) is 0.836. The number of nitrogen functional groups attached to an aromatic ring is 1. The van der Waals surface area contributed by atoms with E-state index >= 15 is 0 Å². The lowest BCUT2D eigenvalue weighted by Gasteiger charge is -2.22. The first kappa shape index (κ1) is 15.4. The van der Waals surface area contributed by atoms with Crippen LogP contribution < -0.4 is 5.73 Å². The van der Waals surface area contributed by atoms with Crippen LogP contribution in [0.2, 0.25) is 0 Å². The summed E-state index contributed by atoms with van der Waals surface area (Å²) in [6.45, 7) is 5.61. The van der Waals surface area contributed by atoms with Crippen LogP contribution in [0.1, 0.15) is 30.2 Å². The molecule has 0 saturated heterocycles. The number of tetrazole rings is 1. The Kier molecular flexibility index (Phi) is 5.26. The van der Waals surface area contributed by atoms with Crippen LogP contribution in [0.25, 0.3) is 0 Å². The highest BCUT2D eigenvalue weighted by Gasteiger charge is 2.17. The molecule has 0 fully saturated rings. The maximum Gasteiger partial charge on any atom is 0.244 e. The molecule has 0 radical (unpaired) electrons. The zero-order valence-corrected chi connectivity index (χ0v) is 13.1. The summed E-state index contributed by atoms with van der Waals surface area (Å²) in [4.78, 5) is 15.5. The average Bonchev–Trinajstić information content (AvgIpc) is 3.04. The van der Waals surface area contributed by atoms with E-state index in [1.54, 1.807) is 11.3 Å². The second-order valence-corrected chi connectivity index (χ2v) is 5.89. The number of unbranched alkanes of at least 4 members (excludes halogenated alkanes) is 1. The molecule has 1 amide bonds. The Labute approximate surface area is 127 Å². The molecule has 0 bridgehead atoms. The number of rotatable bonds is 7. The fourth-order valence-corrected chi connectivity index (χ4v) is 2.85. The molecule has 0 atom stereocenters. The molecule has 8 heteroatoms. The molecule has 0 aliphatic carbocycles. The average molecular weight is 308 g/mol. The maximum absolute atomic E-state index is 12.5. The van der Waals surface area contributed by atoms with Gasteiger partial charge in [0, 0.05) is 11.4 Å². The second kappa shape index (κ2) is 7.16. The lowest BCUT2D eigenvalue weighted by molar-refractivity contribution is -0.132. The number of aromatic nitrogens is 4. The predicted octanol–water partition coefficient (Wildman–Crippen LogP) is 1.45. The monoisotopic (exact) mass is 308 g/mol. The summed E-state index contributed by atoms with van der Waals surface area (Å²) in [5.74, 6) is 0.140. The third kappa shape index (κ3) is 4.01. The van der Waals surface area contributed by atoms with Gasteiger partial charge >= 0.3 is 0 Å². The Bertz CT molecular complexity index is 593. The maximum atomic E-state index is 12.5. The van der Waals surface area contributed by atoms with Crippen molar-refractivity contribution >= 4 is 23.2 Å². The first-order valence-corrected chi connectivity index (χ1v) is 7.82. The Hall–Kier alpha value is -1.96. The molecule has 114 valence electrons. The van der Waals surface area contributed by atoms with E-state index in [4.69, 9.17) is 5.73 Å². The summed E-state index contributed by atoms with van der Waals surface area (Å²) < 4.78 is 1.32. The van der Waals surface area contributed by atoms with E-state index in [2.05, 4.69) is 35.4 Å². The number of carbonyl (C=O) groups is 1. The van der Waals surface area contributed by atoms with Gasteiger partial charge in [0.05, 0.1) is 6.54 Å². The van der Waals surface area contributed by atoms with Crippen LogP contribution in [-0.2, 0) is 17.9 Å². The van der Waals surface area contributed by atoms with Crippen LogP contribution in [0.5, 0.6) is 0 Å². The van der Waals surface area contributed by atoms with Crippen LogP contribution in [0.4, 0.5) is 5.95 Å². The Morgan fingerprint density at radius 1 is 1.52 bits per heavy atom. The molecule has 0 saturated carbocycles. The molecule has 2 rings (SSSR count). The third-order valence-corrected chi connectivity index (χ3v) is 4.29. The van der Waals surface area contributed by atoms with Crippen molar-refractivity contribution in [1.82, 2.24) is 25.1 Å². The molecule has 2 aromatic rings. The summed E-state index contributed by atoms with van der Waals surface area (Å²) in [5.41, 5.74) is 6.83. The topological polar surface area (TPSA) is 89.9 Å². The fraction of sp³-hybridized carbons (Fsp3) is 0.538. The van der Waals surface area contributed by atoms with Gasteiger partial charge in [0.2, 0.25) is 11.9 Å². The first-order valence-electron chi connectivity index (χ1n) is 6.94.